The van der Waals surface area contributed by atoms with Crippen molar-refractivity contribution >= 4 is 11.9 Å². The summed E-state index contributed by atoms with van der Waals surface area (Å²) < 4.78 is 16.4. The summed E-state index contributed by atoms with van der Waals surface area (Å²) in [5, 5.41) is 3.02. The minimum Gasteiger partial charge on any atom is -0.490 e. The smallest absolute Gasteiger partial charge is 0.339 e. The molecule has 1 N–H and O–H groups in total. The van der Waals surface area contributed by atoms with Gasteiger partial charge >= 0.3 is 5.97 Å². The zero-order valence-electron chi connectivity index (χ0n) is 16.7. The van der Waals surface area contributed by atoms with Crippen molar-refractivity contribution in [3.63, 3.8) is 0 Å². The van der Waals surface area contributed by atoms with Gasteiger partial charge in [0.2, 0.25) is 0 Å². The van der Waals surface area contributed by atoms with Gasteiger partial charge in [-0.05, 0) is 57.7 Å². The summed E-state index contributed by atoms with van der Waals surface area (Å²) in [4.78, 5) is 24.8. The molecule has 3 atom stereocenters. The second-order valence-corrected chi connectivity index (χ2v) is 6.95. The van der Waals surface area contributed by atoms with Crippen LogP contribution in [0.5, 0.6) is 11.5 Å². The van der Waals surface area contributed by atoms with E-state index in [1.807, 2.05) is 13.8 Å². The van der Waals surface area contributed by atoms with Crippen molar-refractivity contribution in [2.75, 3.05) is 13.2 Å². The third-order valence-corrected chi connectivity index (χ3v) is 4.87. The molecule has 150 valence electrons. The summed E-state index contributed by atoms with van der Waals surface area (Å²) in [6, 6.07) is 5.04. The van der Waals surface area contributed by atoms with Crippen LogP contribution >= 0.6 is 0 Å². The molecule has 6 nitrogen and oxygen atoms in total. The molecule has 1 aromatic carbocycles. The Balaban J connectivity index is 1.98. The van der Waals surface area contributed by atoms with Crippen molar-refractivity contribution in [3.05, 3.63) is 23.8 Å². The molecule has 6 heteroatoms. The largest absolute Gasteiger partial charge is 0.490 e. The van der Waals surface area contributed by atoms with Gasteiger partial charge in [-0.25, -0.2) is 4.79 Å². The van der Waals surface area contributed by atoms with Crippen LogP contribution in [-0.4, -0.2) is 37.2 Å². The van der Waals surface area contributed by atoms with Gasteiger partial charge in [0.15, 0.2) is 17.6 Å². The van der Waals surface area contributed by atoms with E-state index in [9.17, 15) is 9.59 Å². The Kier molecular flexibility index (Phi) is 7.95. The van der Waals surface area contributed by atoms with Crippen molar-refractivity contribution in [1.82, 2.24) is 5.32 Å². The van der Waals surface area contributed by atoms with Gasteiger partial charge in [-0.2, -0.15) is 0 Å². The molecule has 1 saturated carbocycles. The number of benzene rings is 1. The molecule has 0 bridgehead atoms. The minimum atomic E-state index is -0.853. The second kappa shape index (κ2) is 10.2. The maximum Gasteiger partial charge on any atom is 0.339 e. The molecular formula is C21H31NO5. The monoisotopic (exact) mass is 377 g/mol. The van der Waals surface area contributed by atoms with E-state index < -0.39 is 12.1 Å². The van der Waals surface area contributed by atoms with Gasteiger partial charge in [-0.15, -0.1) is 0 Å². The summed E-state index contributed by atoms with van der Waals surface area (Å²) in [5.41, 5.74) is 0.326. The zero-order chi connectivity index (χ0) is 19.8. The molecule has 0 aliphatic heterocycles. The predicted octanol–water partition coefficient (Wildman–Crippen LogP) is 3.72. The first kappa shape index (κ1) is 21.1. The van der Waals surface area contributed by atoms with Crippen LogP contribution in [0.3, 0.4) is 0 Å². The van der Waals surface area contributed by atoms with Gasteiger partial charge in [0.25, 0.3) is 5.91 Å². The molecule has 1 aromatic rings. The van der Waals surface area contributed by atoms with Crippen molar-refractivity contribution in [2.24, 2.45) is 5.92 Å². The summed E-state index contributed by atoms with van der Waals surface area (Å²) in [5.74, 6) is 0.705. The Morgan fingerprint density at radius 3 is 2.44 bits per heavy atom. The Morgan fingerprint density at radius 1 is 1.11 bits per heavy atom. The molecule has 0 unspecified atom stereocenters. The maximum atomic E-state index is 12.4. The SMILES string of the molecule is CCOc1ccc(C(=O)O[C@H](C)C(=O)N[C@@H]2CCCC[C@@H]2C)cc1OCC. The van der Waals surface area contributed by atoms with Crippen molar-refractivity contribution in [3.8, 4) is 11.5 Å². The molecule has 1 aliphatic carbocycles. The lowest BCUT2D eigenvalue weighted by molar-refractivity contribution is -0.130. The lowest BCUT2D eigenvalue weighted by Crippen LogP contribution is -2.45. The van der Waals surface area contributed by atoms with Crippen molar-refractivity contribution in [1.29, 1.82) is 0 Å². The normalized spacial score (nSPS) is 20.4. The Morgan fingerprint density at radius 2 is 1.78 bits per heavy atom. The first-order valence-electron chi connectivity index (χ1n) is 9.87. The Hall–Kier alpha value is -2.24. The predicted molar refractivity (Wildman–Crippen MR) is 103 cm³/mol. The molecule has 0 saturated heterocycles. The standard InChI is InChI=1S/C21H31NO5/c1-5-25-18-12-11-16(13-19(18)26-6-2)21(24)27-15(4)20(23)22-17-10-8-7-9-14(17)3/h11-15,17H,5-10H2,1-4H3,(H,22,23)/t14-,15+,17+/m0/s1. The van der Waals surface area contributed by atoms with Crippen LogP contribution in [0.25, 0.3) is 0 Å². The van der Waals surface area contributed by atoms with Crippen LogP contribution in [0.1, 0.15) is 63.7 Å². The van der Waals surface area contributed by atoms with Gasteiger partial charge in [-0.3, -0.25) is 4.79 Å². The maximum absolute atomic E-state index is 12.4. The number of esters is 1. The molecule has 0 spiro atoms. The van der Waals surface area contributed by atoms with Gasteiger partial charge < -0.3 is 19.5 Å². The lowest BCUT2D eigenvalue weighted by Gasteiger charge is -2.30. The second-order valence-electron chi connectivity index (χ2n) is 6.95. The van der Waals surface area contributed by atoms with E-state index in [0.29, 0.717) is 36.2 Å². The first-order valence-corrected chi connectivity index (χ1v) is 9.87. The number of hydrogen-bond donors (Lipinski definition) is 1. The quantitative estimate of drug-likeness (QED) is 0.699. The molecular weight excluding hydrogens is 346 g/mol. The Labute approximate surface area is 161 Å². The average Bonchev–Trinajstić information content (AvgIpc) is 2.65. The fraction of sp³-hybridized carbons (Fsp3) is 0.619. The van der Waals surface area contributed by atoms with Gasteiger partial charge in [0, 0.05) is 6.04 Å². The van der Waals surface area contributed by atoms with E-state index in [2.05, 4.69) is 12.2 Å². The van der Waals surface area contributed by atoms with Crippen molar-refractivity contribution < 1.29 is 23.8 Å². The summed E-state index contributed by atoms with van der Waals surface area (Å²) in [6.07, 6.45) is 3.57. The molecule has 0 aromatic heterocycles. The first-order chi connectivity index (χ1) is 13.0. The summed E-state index contributed by atoms with van der Waals surface area (Å²) >= 11 is 0. The van der Waals surface area contributed by atoms with Gasteiger partial charge in [0.05, 0.1) is 18.8 Å². The number of carbonyl (C=O) groups excluding carboxylic acids is 2. The number of hydrogen-bond acceptors (Lipinski definition) is 5. The topological polar surface area (TPSA) is 73.9 Å². The van der Waals surface area contributed by atoms with E-state index >= 15 is 0 Å². The fourth-order valence-electron chi connectivity index (χ4n) is 3.29. The van der Waals surface area contributed by atoms with Crippen LogP contribution in [0.2, 0.25) is 0 Å². The highest BCUT2D eigenvalue weighted by Gasteiger charge is 2.26. The van der Waals surface area contributed by atoms with Crippen LogP contribution in [0.15, 0.2) is 18.2 Å². The van der Waals surface area contributed by atoms with Crippen LogP contribution in [0, 0.1) is 5.92 Å². The average molecular weight is 377 g/mol. The molecule has 0 heterocycles. The van der Waals surface area contributed by atoms with E-state index in [-0.39, 0.29) is 11.9 Å². The molecule has 1 aliphatic rings. The van der Waals surface area contributed by atoms with E-state index in [1.165, 1.54) is 6.42 Å². The molecule has 0 radical (unpaired) electrons. The molecule has 1 fully saturated rings. The van der Waals surface area contributed by atoms with Crippen LogP contribution in [-0.2, 0) is 9.53 Å². The molecule has 1 amide bonds. The highest BCUT2D eigenvalue weighted by molar-refractivity contribution is 5.92. The third kappa shape index (κ3) is 5.88. The number of nitrogens with one attached hydrogen (secondary N) is 1. The number of amides is 1. The highest BCUT2D eigenvalue weighted by atomic mass is 16.5. The highest BCUT2D eigenvalue weighted by Crippen LogP contribution is 2.29. The third-order valence-electron chi connectivity index (χ3n) is 4.87. The van der Waals surface area contributed by atoms with E-state index in [0.717, 1.165) is 19.3 Å². The Bertz CT molecular complexity index is 645. The van der Waals surface area contributed by atoms with E-state index in [1.54, 1.807) is 25.1 Å². The van der Waals surface area contributed by atoms with E-state index in [4.69, 9.17) is 14.2 Å². The van der Waals surface area contributed by atoms with Crippen LogP contribution < -0.4 is 14.8 Å². The van der Waals surface area contributed by atoms with Crippen LogP contribution in [0.4, 0.5) is 0 Å². The zero-order valence-corrected chi connectivity index (χ0v) is 16.7. The lowest BCUT2D eigenvalue weighted by atomic mass is 9.86. The summed E-state index contributed by atoms with van der Waals surface area (Å²) in [7, 11) is 0. The number of carbonyl (C=O) groups is 2. The van der Waals surface area contributed by atoms with Gasteiger partial charge in [0.1, 0.15) is 0 Å². The molecule has 2 rings (SSSR count). The number of ether oxygens (including phenoxy) is 3. The fourth-order valence-corrected chi connectivity index (χ4v) is 3.29. The minimum absolute atomic E-state index is 0.155. The number of rotatable bonds is 8. The molecule has 27 heavy (non-hydrogen) atoms. The summed E-state index contributed by atoms with van der Waals surface area (Å²) in [6.45, 7) is 8.44. The van der Waals surface area contributed by atoms with Crippen molar-refractivity contribution in [2.45, 2.75) is 65.5 Å². The van der Waals surface area contributed by atoms with Gasteiger partial charge in [-0.1, -0.05) is 19.8 Å².